The molecule has 1 aromatic carbocycles. The summed E-state index contributed by atoms with van der Waals surface area (Å²) in [7, 11) is 0. The monoisotopic (exact) mass is 395 g/mol. The highest BCUT2D eigenvalue weighted by molar-refractivity contribution is 9.11. The van der Waals surface area contributed by atoms with E-state index in [2.05, 4.69) is 37.2 Å². The normalized spacial score (nSPS) is 14.1. The summed E-state index contributed by atoms with van der Waals surface area (Å²) in [6, 6.07) is 5.35. The molecule has 1 amide bonds. The fraction of sp³-hybridized carbons (Fsp3) is 0.417. The van der Waals surface area contributed by atoms with E-state index in [0.29, 0.717) is 5.56 Å². The highest BCUT2D eigenvalue weighted by atomic mass is 79.9. The van der Waals surface area contributed by atoms with E-state index in [1.54, 1.807) is 6.07 Å². The van der Waals surface area contributed by atoms with Crippen molar-refractivity contribution < 1.29 is 9.90 Å². The quantitative estimate of drug-likeness (QED) is 0.804. The van der Waals surface area contributed by atoms with Crippen LogP contribution in [0.3, 0.4) is 0 Å². The number of nitrogens with one attached hydrogen (secondary N) is 1. The summed E-state index contributed by atoms with van der Waals surface area (Å²) in [5.41, 5.74) is 0.578. The Morgan fingerprint density at radius 3 is 2.72 bits per heavy atom. The van der Waals surface area contributed by atoms with Crippen LogP contribution in [0.5, 0.6) is 0 Å². The van der Waals surface area contributed by atoms with Gasteiger partial charge >= 0.3 is 0 Å². The van der Waals surface area contributed by atoms with Gasteiger partial charge in [0.15, 0.2) is 0 Å². The van der Waals surface area contributed by atoms with Crippen LogP contribution in [-0.4, -0.2) is 35.2 Å². The summed E-state index contributed by atoms with van der Waals surface area (Å²) in [5.74, 6) is -0.150. The summed E-state index contributed by atoms with van der Waals surface area (Å²) in [4.78, 5) is 12.1. The maximum atomic E-state index is 12.1. The molecule has 0 fully saturated rings. The van der Waals surface area contributed by atoms with Crippen LogP contribution in [0.1, 0.15) is 17.3 Å². The first-order valence-electron chi connectivity index (χ1n) is 5.39. The molecular formula is C12H15Br2NO2S. The smallest absolute Gasteiger partial charge is 0.252 e. The molecule has 0 radical (unpaired) electrons. The van der Waals surface area contributed by atoms with Crippen molar-refractivity contribution in [3.63, 3.8) is 0 Å². The molecule has 6 heteroatoms. The lowest BCUT2D eigenvalue weighted by Crippen LogP contribution is -2.41. The van der Waals surface area contributed by atoms with E-state index in [1.807, 2.05) is 25.3 Å². The molecule has 0 bridgehead atoms. The Bertz CT molecular complexity index is 425. The van der Waals surface area contributed by atoms with E-state index in [9.17, 15) is 9.90 Å². The Morgan fingerprint density at radius 1 is 1.50 bits per heavy atom. The van der Waals surface area contributed by atoms with Gasteiger partial charge in [-0.1, -0.05) is 15.9 Å². The predicted octanol–water partition coefficient (Wildman–Crippen LogP) is 3.05. The summed E-state index contributed by atoms with van der Waals surface area (Å²) in [5, 5.41) is 12.1. The van der Waals surface area contributed by atoms with E-state index in [4.69, 9.17) is 0 Å². The Balaban J connectivity index is 2.79. The van der Waals surface area contributed by atoms with Crippen LogP contribution in [0.25, 0.3) is 0 Å². The van der Waals surface area contributed by atoms with Gasteiger partial charge in [0.2, 0.25) is 0 Å². The second kappa shape index (κ2) is 7.53. The molecule has 0 saturated carbocycles. The molecule has 2 atom stereocenters. The molecule has 100 valence electrons. The summed E-state index contributed by atoms with van der Waals surface area (Å²) >= 11 is 8.23. The van der Waals surface area contributed by atoms with Crippen LogP contribution >= 0.6 is 43.6 Å². The van der Waals surface area contributed by atoms with Crippen LogP contribution in [0.2, 0.25) is 0 Å². The molecule has 0 aliphatic heterocycles. The lowest BCUT2D eigenvalue weighted by molar-refractivity contribution is 0.0935. The molecule has 1 aromatic rings. The second-order valence-electron chi connectivity index (χ2n) is 3.84. The number of halogens is 2. The maximum absolute atomic E-state index is 12.1. The predicted molar refractivity (Wildman–Crippen MR) is 83.2 cm³/mol. The van der Waals surface area contributed by atoms with E-state index in [1.165, 1.54) is 11.8 Å². The minimum Gasteiger partial charge on any atom is -0.395 e. The van der Waals surface area contributed by atoms with Gasteiger partial charge in [0.05, 0.1) is 12.2 Å². The number of hydrogen-bond donors (Lipinski definition) is 2. The Hall–Kier alpha value is -0.0400. The molecular weight excluding hydrogens is 382 g/mol. The minimum absolute atomic E-state index is 0.000113. The SMILES string of the molecule is CSC(CO)C(C)NC(=O)c1cc(Br)ccc1Br. The van der Waals surface area contributed by atoms with Crippen molar-refractivity contribution in [3.05, 3.63) is 32.7 Å². The Labute approximate surface area is 128 Å². The first-order valence-corrected chi connectivity index (χ1v) is 8.26. The lowest BCUT2D eigenvalue weighted by atomic mass is 10.2. The molecule has 1 rings (SSSR count). The third-order valence-corrected chi connectivity index (χ3v) is 4.92. The van der Waals surface area contributed by atoms with Gasteiger partial charge in [0, 0.05) is 20.2 Å². The molecule has 0 heterocycles. The molecule has 3 nitrogen and oxygen atoms in total. The zero-order chi connectivity index (χ0) is 13.7. The molecule has 0 aliphatic rings. The van der Waals surface area contributed by atoms with Crippen molar-refractivity contribution in [1.82, 2.24) is 5.32 Å². The molecule has 2 N–H and O–H groups in total. The molecule has 0 aromatic heterocycles. The highest BCUT2D eigenvalue weighted by Gasteiger charge is 2.19. The number of carbonyl (C=O) groups excluding carboxylic acids is 1. The lowest BCUT2D eigenvalue weighted by Gasteiger charge is -2.21. The largest absolute Gasteiger partial charge is 0.395 e. The number of carbonyl (C=O) groups is 1. The van der Waals surface area contributed by atoms with Crippen LogP contribution in [0.15, 0.2) is 27.1 Å². The molecule has 2 unspecified atom stereocenters. The van der Waals surface area contributed by atoms with Crippen molar-refractivity contribution in [2.45, 2.75) is 18.2 Å². The Morgan fingerprint density at radius 2 is 2.17 bits per heavy atom. The van der Waals surface area contributed by atoms with Gasteiger partial charge in [-0.15, -0.1) is 0 Å². The first-order chi connectivity index (χ1) is 8.49. The zero-order valence-electron chi connectivity index (χ0n) is 10.1. The summed E-state index contributed by atoms with van der Waals surface area (Å²) in [6.45, 7) is 1.93. The van der Waals surface area contributed by atoms with E-state index >= 15 is 0 Å². The number of rotatable bonds is 5. The zero-order valence-corrected chi connectivity index (χ0v) is 14.1. The van der Waals surface area contributed by atoms with Gasteiger partial charge in [-0.05, 0) is 47.3 Å². The van der Waals surface area contributed by atoms with E-state index in [0.717, 1.165) is 8.95 Å². The summed E-state index contributed by atoms with van der Waals surface area (Å²) < 4.78 is 1.60. The van der Waals surface area contributed by atoms with Crippen LogP contribution in [-0.2, 0) is 0 Å². The van der Waals surface area contributed by atoms with E-state index < -0.39 is 0 Å². The van der Waals surface area contributed by atoms with Crippen molar-refractivity contribution in [2.24, 2.45) is 0 Å². The van der Waals surface area contributed by atoms with Crippen LogP contribution in [0.4, 0.5) is 0 Å². The second-order valence-corrected chi connectivity index (χ2v) is 6.69. The van der Waals surface area contributed by atoms with Gasteiger partial charge in [0.25, 0.3) is 5.91 Å². The van der Waals surface area contributed by atoms with Crippen molar-refractivity contribution in [2.75, 3.05) is 12.9 Å². The maximum Gasteiger partial charge on any atom is 0.252 e. The number of amides is 1. The topological polar surface area (TPSA) is 49.3 Å². The summed E-state index contributed by atoms with van der Waals surface area (Å²) in [6.07, 6.45) is 1.92. The van der Waals surface area contributed by atoms with Gasteiger partial charge in [-0.2, -0.15) is 11.8 Å². The molecule has 0 spiro atoms. The number of benzene rings is 1. The molecule has 0 saturated heterocycles. The van der Waals surface area contributed by atoms with Crippen LogP contribution < -0.4 is 5.32 Å². The fourth-order valence-electron chi connectivity index (χ4n) is 1.49. The van der Waals surface area contributed by atoms with Gasteiger partial charge in [-0.25, -0.2) is 0 Å². The number of thioether (sulfide) groups is 1. The van der Waals surface area contributed by atoms with Gasteiger partial charge in [-0.3, -0.25) is 4.79 Å². The van der Waals surface area contributed by atoms with E-state index in [-0.39, 0.29) is 23.8 Å². The number of hydrogen-bond acceptors (Lipinski definition) is 3. The number of aliphatic hydroxyl groups is 1. The van der Waals surface area contributed by atoms with Crippen molar-refractivity contribution in [1.29, 1.82) is 0 Å². The number of aliphatic hydroxyl groups excluding tert-OH is 1. The Kier molecular flexibility index (Phi) is 6.70. The van der Waals surface area contributed by atoms with Gasteiger partial charge in [0.1, 0.15) is 0 Å². The average molecular weight is 397 g/mol. The van der Waals surface area contributed by atoms with Crippen molar-refractivity contribution in [3.8, 4) is 0 Å². The van der Waals surface area contributed by atoms with Crippen molar-refractivity contribution >= 4 is 49.5 Å². The molecule has 0 aliphatic carbocycles. The first kappa shape index (κ1) is 16.0. The van der Waals surface area contributed by atoms with Gasteiger partial charge < -0.3 is 10.4 Å². The molecule has 18 heavy (non-hydrogen) atoms. The fourth-order valence-corrected chi connectivity index (χ4v) is 2.90. The minimum atomic E-state index is -0.150. The average Bonchev–Trinajstić information content (AvgIpc) is 2.33. The standard InChI is InChI=1S/C12H15Br2NO2S/c1-7(11(6-16)18-2)15-12(17)9-5-8(13)3-4-10(9)14/h3-5,7,11,16H,6H2,1-2H3,(H,15,17). The third-order valence-electron chi connectivity index (χ3n) is 2.57. The third kappa shape index (κ3) is 4.26. The highest BCUT2D eigenvalue weighted by Crippen LogP contribution is 2.22. The van der Waals surface area contributed by atoms with Crippen LogP contribution in [0, 0.1) is 0 Å².